The van der Waals surface area contributed by atoms with Crippen LogP contribution < -0.4 is 19.6 Å². The quantitative estimate of drug-likeness (QED) is 0.368. The fourth-order valence-corrected chi connectivity index (χ4v) is 0. The molecule has 0 unspecified atom stereocenters. The summed E-state index contributed by atoms with van der Waals surface area (Å²) in [6.07, 6.45) is 0. The first-order chi connectivity index (χ1) is 5.12. The second kappa shape index (κ2) is 12.2. The Kier molecular flexibility index (Phi) is 22.3. The standard InChI is InChI=1S/2CH5O3PS.2Zr/c2*2-5(3,4)1-6;;/h2*6H,1H2,(H2,2,3,4);;/q;;2*+2/p-4. The van der Waals surface area contributed by atoms with Crippen LogP contribution in [0, 0.1) is 0 Å². The molecule has 0 atom stereocenters. The molecule has 0 saturated heterocycles. The predicted molar refractivity (Wildman–Crippen MR) is 42.9 cm³/mol. The van der Waals surface area contributed by atoms with E-state index in [-0.39, 0.29) is 52.4 Å². The predicted octanol–water partition coefficient (Wildman–Crippen LogP) is -2.43. The smallest absolute Gasteiger partial charge is 0.810 e. The Morgan fingerprint density at radius 1 is 0.786 bits per heavy atom. The Hall–Kier alpha value is 2.77. The Labute approximate surface area is 131 Å². The van der Waals surface area contributed by atoms with E-state index in [0.717, 1.165) is 0 Å². The van der Waals surface area contributed by atoms with Crippen LogP contribution in [0.1, 0.15) is 0 Å². The van der Waals surface area contributed by atoms with Crippen LogP contribution in [0.3, 0.4) is 0 Å². The van der Waals surface area contributed by atoms with Gasteiger partial charge in [-0.2, -0.15) is 25.3 Å². The van der Waals surface area contributed by atoms with Crippen molar-refractivity contribution in [3.05, 3.63) is 0 Å². The average molecular weight is 435 g/mol. The SMILES string of the molecule is O=P([O-])([O-])CS.O=P([O-])([O-])CS.[Zr+2].[Zr+2]. The first-order valence-corrected chi connectivity index (χ1v) is 7.08. The van der Waals surface area contributed by atoms with Crippen LogP contribution in [0.15, 0.2) is 0 Å². The van der Waals surface area contributed by atoms with Crippen LogP contribution >= 0.6 is 40.4 Å². The van der Waals surface area contributed by atoms with E-state index < -0.39 is 26.2 Å². The molecule has 0 aromatic heterocycles. The van der Waals surface area contributed by atoms with Gasteiger partial charge < -0.3 is 28.7 Å². The minimum atomic E-state index is -4.28. The molecular formula is C2H6O6P2S2Zr2. The third-order valence-corrected chi connectivity index (χ3v) is 3.12. The molecule has 0 N–H and O–H groups in total. The first kappa shape index (κ1) is 25.6. The fourth-order valence-electron chi connectivity index (χ4n) is 0. The van der Waals surface area contributed by atoms with Gasteiger partial charge in [-0.3, -0.25) is 0 Å². The zero-order valence-corrected chi connectivity index (χ0v) is 15.1. The maximum absolute atomic E-state index is 9.40. The van der Waals surface area contributed by atoms with Gasteiger partial charge in [0, 0.05) is 11.0 Å². The third kappa shape index (κ3) is 36.4. The van der Waals surface area contributed by atoms with Gasteiger partial charge >= 0.3 is 52.4 Å². The summed E-state index contributed by atoms with van der Waals surface area (Å²) in [6, 6.07) is 0. The van der Waals surface area contributed by atoms with Crippen molar-refractivity contribution in [1.29, 1.82) is 0 Å². The molecule has 0 rings (SSSR count). The summed E-state index contributed by atoms with van der Waals surface area (Å²) in [5.41, 5.74) is -1.18. The van der Waals surface area contributed by atoms with E-state index in [9.17, 15) is 28.7 Å². The first-order valence-electron chi connectivity index (χ1n) is 2.36. The molecule has 0 fully saturated rings. The normalized spacial score (nSPS) is 10.1. The molecule has 0 amide bonds. The van der Waals surface area contributed by atoms with E-state index in [2.05, 4.69) is 25.3 Å². The second-order valence-electron chi connectivity index (χ2n) is 1.50. The van der Waals surface area contributed by atoms with Gasteiger partial charge in [0.05, 0.1) is 0 Å². The average Bonchev–Trinajstić information content (AvgIpc) is 1.86. The van der Waals surface area contributed by atoms with Crippen molar-refractivity contribution in [2.45, 2.75) is 0 Å². The monoisotopic (exact) mass is 432 g/mol. The van der Waals surface area contributed by atoms with Gasteiger partial charge in [0.1, 0.15) is 0 Å². The van der Waals surface area contributed by atoms with E-state index in [1.54, 1.807) is 0 Å². The molecule has 0 bridgehead atoms. The molecule has 80 valence electrons. The van der Waals surface area contributed by atoms with Gasteiger partial charge in [0.2, 0.25) is 0 Å². The third-order valence-electron chi connectivity index (χ3n) is 0.346. The van der Waals surface area contributed by atoms with Gasteiger partial charge in [-0.25, -0.2) is 0 Å². The van der Waals surface area contributed by atoms with E-state index in [1.807, 2.05) is 0 Å². The summed E-state index contributed by atoms with van der Waals surface area (Å²) in [5, 5.41) is 0. The van der Waals surface area contributed by atoms with Gasteiger partial charge in [0.25, 0.3) is 0 Å². The van der Waals surface area contributed by atoms with E-state index >= 15 is 0 Å². The fraction of sp³-hybridized carbons (Fsp3) is 1.00. The van der Waals surface area contributed by atoms with Crippen LogP contribution in [-0.2, 0) is 61.5 Å². The van der Waals surface area contributed by atoms with Crippen molar-refractivity contribution >= 4 is 40.4 Å². The van der Waals surface area contributed by atoms with E-state index in [4.69, 9.17) is 0 Å². The Morgan fingerprint density at radius 3 is 0.857 bits per heavy atom. The summed E-state index contributed by atoms with van der Waals surface area (Å²) in [7, 11) is -8.56. The molecule has 0 aliphatic rings. The van der Waals surface area contributed by atoms with Crippen molar-refractivity contribution in [2.75, 3.05) is 11.0 Å². The molecule has 0 radical (unpaired) electrons. The molecule has 0 heterocycles. The van der Waals surface area contributed by atoms with Crippen LogP contribution in [0.2, 0.25) is 0 Å². The summed E-state index contributed by atoms with van der Waals surface area (Å²) in [6.45, 7) is 0. The largest absolute Gasteiger partial charge is 2.00 e. The van der Waals surface area contributed by atoms with Crippen LogP contribution in [0.5, 0.6) is 0 Å². The van der Waals surface area contributed by atoms with E-state index in [1.165, 1.54) is 0 Å². The molecule has 0 aromatic carbocycles. The summed E-state index contributed by atoms with van der Waals surface area (Å²) in [5.74, 6) is 0. The van der Waals surface area contributed by atoms with Crippen molar-refractivity contribution in [3.8, 4) is 0 Å². The minimum absolute atomic E-state index is 0. The Morgan fingerprint density at radius 2 is 0.857 bits per heavy atom. The molecule has 0 aromatic rings. The van der Waals surface area contributed by atoms with Crippen molar-refractivity contribution in [1.82, 2.24) is 0 Å². The van der Waals surface area contributed by atoms with Crippen LogP contribution in [-0.4, -0.2) is 11.0 Å². The topological polar surface area (TPSA) is 126 Å². The minimum Gasteiger partial charge on any atom is -0.810 e. The van der Waals surface area contributed by atoms with Crippen LogP contribution in [0.4, 0.5) is 0 Å². The van der Waals surface area contributed by atoms with E-state index in [0.29, 0.717) is 0 Å². The molecule has 14 heavy (non-hydrogen) atoms. The second-order valence-corrected chi connectivity index (χ2v) is 6.21. The molecule has 0 aliphatic carbocycles. The zero-order valence-electron chi connectivity index (χ0n) is 6.65. The van der Waals surface area contributed by atoms with Crippen molar-refractivity contribution in [3.63, 3.8) is 0 Å². The van der Waals surface area contributed by atoms with Gasteiger partial charge in [-0.1, -0.05) is 15.2 Å². The molecule has 0 spiro atoms. The molecule has 0 saturated carbocycles. The van der Waals surface area contributed by atoms with Gasteiger partial charge in [-0.15, -0.1) is 0 Å². The summed E-state index contributed by atoms with van der Waals surface area (Å²) < 4.78 is 18.8. The van der Waals surface area contributed by atoms with Crippen LogP contribution in [0.25, 0.3) is 0 Å². The number of rotatable bonds is 2. The summed E-state index contributed by atoms with van der Waals surface area (Å²) in [4.78, 5) is 37.6. The number of hydrogen-bond donors (Lipinski definition) is 2. The Bertz CT molecular complexity index is 180. The van der Waals surface area contributed by atoms with Gasteiger partial charge in [-0.05, 0) is 0 Å². The Balaban J connectivity index is -0.0000000625. The maximum atomic E-state index is 9.40. The van der Waals surface area contributed by atoms with Gasteiger partial charge in [0.15, 0.2) is 0 Å². The number of hydrogen-bond acceptors (Lipinski definition) is 8. The zero-order chi connectivity index (χ0) is 10.4. The molecular weight excluding hydrogens is 429 g/mol. The molecule has 6 nitrogen and oxygen atoms in total. The van der Waals surface area contributed by atoms with Crippen molar-refractivity contribution < 1.29 is 81.1 Å². The molecule has 0 aliphatic heterocycles. The summed E-state index contributed by atoms with van der Waals surface area (Å²) >= 11 is 6.43. The van der Waals surface area contributed by atoms with Crippen molar-refractivity contribution in [2.24, 2.45) is 0 Å². The number of thiol groups is 2. The molecule has 12 heteroatoms. The maximum Gasteiger partial charge on any atom is 2.00 e.